The van der Waals surface area contributed by atoms with Gasteiger partial charge < -0.3 is 39.7 Å². The number of hydrogen-bond donors (Lipinski definition) is 5. The first kappa shape index (κ1) is 25.4. The highest BCUT2D eigenvalue weighted by Gasteiger charge is 2.46. The molecule has 2 aromatic carbocycles. The standard InChI is InChI=1S/C24H31FO8/c1-12(2)31-16-6-4-14(5-7-16)8-17-18(25)9-15(11-26)10-19(17)32-24-22(30)20(28)21(29)23(33-24)13(3)27/h4-7,9-10,12-13,20-24,26-30H,8,11H2,1-3H3/t13-,20-,21-,22+,23+,24+/m0/s1. The fourth-order valence-corrected chi connectivity index (χ4v) is 3.69. The van der Waals surface area contributed by atoms with Gasteiger partial charge in [-0.05, 0) is 56.2 Å². The molecule has 182 valence electrons. The predicted octanol–water partition coefficient (Wildman–Crippen LogP) is 1.26. The Morgan fingerprint density at radius 3 is 2.21 bits per heavy atom. The zero-order valence-electron chi connectivity index (χ0n) is 18.8. The van der Waals surface area contributed by atoms with Gasteiger partial charge >= 0.3 is 0 Å². The predicted molar refractivity (Wildman–Crippen MR) is 116 cm³/mol. The van der Waals surface area contributed by atoms with Gasteiger partial charge in [-0.1, -0.05) is 12.1 Å². The van der Waals surface area contributed by atoms with Crippen LogP contribution in [0.4, 0.5) is 4.39 Å². The highest BCUT2D eigenvalue weighted by atomic mass is 19.1. The summed E-state index contributed by atoms with van der Waals surface area (Å²) >= 11 is 0. The monoisotopic (exact) mass is 466 g/mol. The van der Waals surface area contributed by atoms with Crippen molar-refractivity contribution >= 4 is 0 Å². The van der Waals surface area contributed by atoms with Crippen LogP contribution in [0.25, 0.3) is 0 Å². The van der Waals surface area contributed by atoms with Crippen LogP contribution in [0.2, 0.25) is 0 Å². The summed E-state index contributed by atoms with van der Waals surface area (Å²) in [6, 6.07) is 9.73. The number of rotatable bonds is 8. The molecule has 0 bridgehead atoms. The van der Waals surface area contributed by atoms with Crippen molar-refractivity contribution in [2.75, 3.05) is 0 Å². The number of benzene rings is 2. The van der Waals surface area contributed by atoms with Gasteiger partial charge in [0.2, 0.25) is 6.29 Å². The lowest BCUT2D eigenvalue weighted by Crippen LogP contribution is -2.61. The molecule has 8 nitrogen and oxygen atoms in total. The molecule has 1 aliphatic heterocycles. The summed E-state index contributed by atoms with van der Waals surface area (Å²) in [5.41, 5.74) is 1.15. The van der Waals surface area contributed by atoms with Crippen LogP contribution in [-0.2, 0) is 17.8 Å². The van der Waals surface area contributed by atoms with E-state index in [-0.39, 0.29) is 29.4 Å². The van der Waals surface area contributed by atoms with Gasteiger partial charge in [-0.3, -0.25) is 0 Å². The molecule has 0 spiro atoms. The van der Waals surface area contributed by atoms with Crippen molar-refractivity contribution in [1.82, 2.24) is 0 Å². The third kappa shape index (κ3) is 6.00. The van der Waals surface area contributed by atoms with Crippen molar-refractivity contribution in [3.8, 4) is 11.5 Å². The normalized spacial score (nSPS) is 26.3. The minimum atomic E-state index is -1.66. The zero-order chi connectivity index (χ0) is 24.3. The molecule has 0 unspecified atom stereocenters. The zero-order valence-corrected chi connectivity index (χ0v) is 18.8. The van der Waals surface area contributed by atoms with Crippen LogP contribution < -0.4 is 9.47 Å². The first-order chi connectivity index (χ1) is 15.6. The molecule has 33 heavy (non-hydrogen) atoms. The molecule has 0 amide bonds. The van der Waals surface area contributed by atoms with E-state index in [9.17, 15) is 29.9 Å². The summed E-state index contributed by atoms with van der Waals surface area (Å²) in [6.45, 7) is 4.74. The number of ether oxygens (including phenoxy) is 3. The fraction of sp³-hybridized carbons (Fsp3) is 0.500. The van der Waals surface area contributed by atoms with Crippen LogP contribution in [0, 0.1) is 5.82 Å². The van der Waals surface area contributed by atoms with E-state index in [0.717, 1.165) is 5.56 Å². The lowest BCUT2D eigenvalue weighted by atomic mass is 9.96. The first-order valence-corrected chi connectivity index (χ1v) is 10.8. The Labute approximate surface area is 191 Å². The molecule has 2 aromatic rings. The first-order valence-electron chi connectivity index (χ1n) is 10.8. The maximum absolute atomic E-state index is 15.0. The van der Waals surface area contributed by atoms with Crippen LogP contribution in [0.15, 0.2) is 36.4 Å². The molecule has 0 aliphatic carbocycles. The quantitative estimate of drug-likeness (QED) is 0.393. The smallest absolute Gasteiger partial charge is 0.229 e. The second kappa shape index (κ2) is 10.8. The van der Waals surface area contributed by atoms with Crippen molar-refractivity contribution in [3.05, 3.63) is 58.9 Å². The van der Waals surface area contributed by atoms with Crippen molar-refractivity contribution in [3.63, 3.8) is 0 Å². The molecule has 9 heteroatoms. The topological polar surface area (TPSA) is 129 Å². The second-order valence-corrected chi connectivity index (χ2v) is 8.50. The lowest BCUT2D eigenvalue weighted by Gasteiger charge is -2.41. The van der Waals surface area contributed by atoms with Crippen molar-refractivity contribution in [2.45, 2.75) is 76.7 Å². The van der Waals surface area contributed by atoms with Crippen molar-refractivity contribution in [1.29, 1.82) is 0 Å². The molecular weight excluding hydrogens is 435 g/mol. The maximum atomic E-state index is 15.0. The molecule has 0 radical (unpaired) electrons. The van der Waals surface area contributed by atoms with Crippen LogP contribution in [0.5, 0.6) is 11.5 Å². The average molecular weight is 467 g/mol. The number of aliphatic hydroxyl groups is 5. The summed E-state index contributed by atoms with van der Waals surface area (Å²) in [5, 5.41) is 49.9. The summed E-state index contributed by atoms with van der Waals surface area (Å²) in [5.74, 6) is 0.0484. The molecule has 0 saturated carbocycles. The van der Waals surface area contributed by atoms with Gasteiger partial charge in [-0.15, -0.1) is 0 Å². The summed E-state index contributed by atoms with van der Waals surface area (Å²) in [4.78, 5) is 0. The minimum absolute atomic E-state index is 0.00135. The van der Waals surface area contributed by atoms with Gasteiger partial charge in [-0.25, -0.2) is 4.39 Å². The maximum Gasteiger partial charge on any atom is 0.229 e. The van der Waals surface area contributed by atoms with E-state index >= 15 is 0 Å². The molecule has 1 fully saturated rings. The van der Waals surface area contributed by atoms with Gasteiger partial charge in [0, 0.05) is 12.0 Å². The Kier molecular flexibility index (Phi) is 8.28. The van der Waals surface area contributed by atoms with E-state index in [0.29, 0.717) is 5.75 Å². The third-order valence-corrected chi connectivity index (χ3v) is 5.40. The largest absolute Gasteiger partial charge is 0.491 e. The van der Waals surface area contributed by atoms with E-state index in [1.807, 2.05) is 13.8 Å². The molecule has 5 N–H and O–H groups in total. The fourth-order valence-electron chi connectivity index (χ4n) is 3.69. The Hall–Kier alpha value is -2.27. The van der Waals surface area contributed by atoms with E-state index in [2.05, 4.69) is 0 Å². The molecular formula is C24H31FO8. The molecule has 1 heterocycles. The Morgan fingerprint density at radius 1 is 0.970 bits per heavy atom. The van der Waals surface area contributed by atoms with Gasteiger partial charge in [-0.2, -0.15) is 0 Å². The molecule has 3 rings (SSSR count). The van der Waals surface area contributed by atoms with E-state index in [1.54, 1.807) is 24.3 Å². The van der Waals surface area contributed by atoms with E-state index < -0.39 is 49.2 Å². The number of halogens is 1. The van der Waals surface area contributed by atoms with E-state index in [1.165, 1.54) is 19.1 Å². The third-order valence-electron chi connectivity index (χ3n) is 5.40. The van der Waals surface area contributed by atoms with E-state index in [4.69, 9.17) is 14.2 Å². The van der Waals surface area contributed by atoms with Gasteiger partial charge in [0.1, 0.15) is 41.7 Å². The van der Waals surface area contributed by atoms with Crippen LogP contribution in [-0.4, -0.2) is 68.4 Å². The van der Waals surface area contributed by atoms with Crippen LogP contribution in [0.1, 0.15) is 37.5 Å². The Bertz CT molecular complexity index is 917. The summed E-state index contributed by atoms with van der Waals surface area (Å²) in [7, 11) is 0. The molecule has 1 saturated heterocycles. The highest BCUT2D eigenvalue weighted by Crippen LogP contribution is 2.32. The summed E-state index contributed by atoms with van der Waals surface area (Å²) in [6.07, 6.45) is -8.58. The van der Waals surface area contributed by atoms with Crippen molar-refractivity contribution in [2.24, 2.45) is 0 Å². The van der Waals surface area contributed by atoms with Crippen LogP contribution in [0.3, 0.4) is 0 Å². The van der Waals surface area contributed by atoms with Gasteiger partial charge in [0.15, 0.2) is 0 Å². The van der Waals surface area contributed by atoms with Gasteiger partial charge in [0.05, 0.1) is 18.8 Å². The van der Waals surface area contributed by atoms with Crippen LogP contribution >= 0.6 is 0 Å². The second-order valence-electron chi connectivity index (χ2n) is 8.50. The molecule has 0 aromatic heterocycles. The Balaban J connectivity index is 1.89. The van der Waals surface area contributed by atoms with Gasteiger partial charge in [0.25, 0.3) is 0 Å². The SMILES string of the molecule is CC(C)Oc1ccc(Cc2c(F)cc(CO)cc2O[C@@H]2O[C@H]([C@H](C)O)[C@@H](O)[C@H](O)[C@H]2O)cc1. The number of aliphatic hydroxyl groups excluding tert-OH is 5. The number of hydrogen-bond acceptors (Lipinski definition) is 8. The lowest BCUT2D eigenvalue weighted by molar-refractivity contribution is -0.286. The molecule has 1 aliphatic rings. The summed E-state index contributed by atoms with van der Waals surface area (Å²) < 4.78 is 31.8. The average Bonchev–Trinajstić information content (AvgIpc) is 2.76. The molecule has 6 atom stereocenters. The Morgan fingerprint density at radius 2 is 1.64 bits per heavy atom. The van der Waals surface area contributed by atoms with Crippen molar-refractivity contribution < 1.29 is 44.1 Å². The highest BCUT2D eigenvalue weighted by molar-refractivity contribution is 5.42. The minimum Gasteiger partial charge on any atom is -0.491 e.